The first kappa shape index (κ1) is 21.6. The summed E-state index contributed by atoms with van der Waals surface area (Å²) in [6, 6.07) is 10.9. The molecule has 158 valence electrons. The van der Waals surface area contributed by atoms with Crippen molar-refractivity contribution in [2.45, 2.75) is 26.8 Å². The van der Waals surface area contributed by atoms with Gasteiger partial charge in [-0.25, -0.2) is 0 Å². The van der Waals surface area contributed by atoms with Crippen LogP contribution in [0.1, 0.15) is 29.8 Å². The highest BCUT2D eigenvalue weighted by molar-refractivity contribution is 7.16. The van der Waals surface area contributed by atoms with Crippen LogP contribution in [0.2, 0.25) is 0 Å². The monoisotopic (exact) mass is 428 g/mol. The van der Waals surface area contributed by atoms with E-state index in [4.69, 9.17) is 14.2 Å². The average Bonchev–Trinajstić information content (AvgIpc) is 3.09. The van der Waals surface area contributed by atoms with Crippen LogP contribution in [-0.2, 0) is 22.5 Å². The molecule has 3 aromatic rings. The Labute approximate surface area is 178 Å². The molecule has 3 rings (SSSR count). The zero-order chi connectivity index (χ0) is 21.7. The van der Waals surface area contributed by atoms with Crippen LogP contribution in [0.25, 0.3) is 10.2 Å². The van der Waals surface area contributed by atoms with Crippen LogP contribution in [0.3, 0.4) is 0 Å². The third kappa shape index (κ3) is 4.54. The van der Waals surface area contributed by atoms with Gasteiger partial charge in [-0.15, -0.1) is 0 Å². The number of aryl methyl sites for hydroxylation is 1. The second kappa shape index (κ2) is 9.58. The Hall–Kier alpha value is -3.13. The van der Waals surface area contributed by atoms with Gasteiger partial charge in [0.1, 0.15) is 18.0 Å². The lowest BCUT2D eigenvalue weighted by atomic mass is 10.2. The molecule has 0 unspecified atom stereocenters. The summed E-state index contributed by atoms with van der Waals surface area (Å²) in [7, 11) is 3.03. The number of aromatic nitrogens is 1. The van der Waals surface area contributed by atoms with Crippen LogP contribution in [0, 0.1) is 0 Å². The molecule has 2 aromatic carbocycles. The van der Waals surface area contributed by atoms with E-state index < -0.39 is 5.91 Å². The number of fused-ring (bicyclic) bond motifs is 1. The predicted molar refractivity (Wildman–Crippen MR) is 115 cm³/mol. The van der Waals surface area contributed by atoms with E-state index in [0.29, 0.717) is 21.9 Å². The van der Waals surface area contributed by atoms with E-state index in [9.17, 15) is 9.59 Å². The number of methoxy groups -OCH3 is 2. The quantitative estimate of drug-likeness (QED) is 0.538. The number of carbonyl (C=O) groups is 2. The summed E-state index contributed by atoms with van der Waals surface area (Å²) >= 11 is 1.36. The highest BCUT2D eigenvalue weighted by Gasteiger charge is 2.16. The van der Waals surface area contributed by atoms with E-state index in [1.807, 2.05) is 12.1 Å². The number of nitrogens with zero attached hydrogens (tertiary/aromatic N) is 2. The van der Waals surface area contributed by atoms with Crippen LogP contribution in [-0.4, -0.2) is 37.3 Å². The fourth-order valence-electron chi connectivity index (χ4n) is 3.03. The number of thiazole rings is 1. The van der Waals surface area contributed by atoms with Crippen molar-refractivity contribution in [1.29, 1.82) is 0 Å². The van der Waals surface area contributed by atoms with Gasteiger partial charge in [0.15, 0.2) is 4.80 Å². The molecule has 1 aromatic heterocycles. The molecule has 0 fully saturated rings. The van der Waals surface area contributed by atoms with Gasteiger partial charge in [-0.3, -0.25) is 9.59 Å². The highest BCUT2D eigenvalue weighted by atomic mass is 32.1. The topological polar surface area (TPSA) is 79.1 Å². The largest absolute Gasteiger partial charge is 0.497 e. The summed E-state index contributed by atoms with van der Waals surface area (Å²) in [5.41, 5.74) is 2.31. The van der Waals surface area contributed by atoms with Crippen LogP contribution in [0.15, 0.2) is 41.4 Å². The smallest absolute Gasteiger partial charge is 0.326 e. The molecule has 8 heteroatoms. The normalized spacial score (nSPS) is 11.5. The highest BCUT2D eigenvalue weighted by Crippen LogP contribution is 2.25. The summed E-state index contributed by atoms with van der Waals surface area (Å²) < 4.78 is 18.3. The standard InChI is InChI=1S/C22H24N2O5S/c1-5-14-7-10-17-19(11-14)30-22(24(17)13-20(25)29-6-2)23-21(26)16-9-8-15(27-3)12-18(16)28-4/h7-12H,5-6,13H2,1-4H3. The summed E-state index contributed by atoms with van der Waals surface area (Å²) in [5, 5.41) is 0. The minimum absolute atomic E-state index is 0.0226. The van der Waals surface area contributed by atoms with Crippen molar-refractivity contribution in [3.8, 4) is 11.5 Å². The van der Waals surface area contributed by atoms with Gasteiger partial charge in [0.25, 0.3) is 5.91 Å². The Morgan fingerprint density at radius 2 is 1.87 bits per heavy atom. The molecule has 0 atom stereocenters. The predicted octanol–water partition coefficient (Wildman–Crippen LogP) is 3.59. The summed E-state index contributed by atoms with van der Waals surface area (Å²) in [6.07, 6.45) is 0.889. The maximum Gasteiger partial charge on any atom is 0.326 e. The first-order valence-electron chi connectivity index (χ1n) is 9.59. The lowest BCUT2D eigenvalue weighted by Gasteiger charge is -2.08. The SMILES string of the molecule is CCOC(=O)Cn1c(=NC(=O)c2ccc(OC)cc2OC)sc2cc(CC)ccc21. The third-order valence-corrected chi connectivity index (χ3v) is 5.63. The summed E-state index contributed by atoms with van der Waals surface area (Å²) in [5.74, 6) is 0.103. The number of benzene rings is 2. The Balaban J connectivity index is 2.12. The number of carbonyl (C=O) groups excluding carboxylic acids is 2. The van der Waals surface area contributed by atoms with Gasteiger partial charge in [0, 0.05) is 6.07 Å². The van der Waals surface area contributed by atoms with Gasteiger partial charge in [0.05, 0.1) is 36.6 Å². The molecule has 0 saturated carbocycles. The van der Waals surface area contributed by atoms with Crippen molar-refractivity contribution in [3.63, 3.8) is 0 Å². The number of ether oxygens (including phenoxy) is 3. The summed E-state index contributed by atoms with van der Waals surface area (Å²) in [4.78, 5) is 29.8. The minimum Gasteiger partial charge on any atom is -0.497 e. The first-order chi connectivity index (χ1) is 14.5. The average molecular weight is 429 g/mol. The molecule has 0 radical (unpaired) electrons. The third-order valence-electron chi connectivity index (χ3n) is 4.58. The van der Waals surface area contributed by atoms with E-state index >= 15 is 0 Å². The minimum atomic E-state index is -0.464. The first-order valence-corrected chi connectivity index (χ1v) is 10.4. The molecule has 0 aliphatic rings. The number of esters is 1. The van der Waals surface area contributed by atoms with Crippen molar-refractivity contribution >= 4 is 33.4 Å². The van der Waals surface area contributed by atoms with E-state index in [1.54, 1.807) is 36.8 Å². The molecule has 0 N–H and O–H groups in total. The lowest BCUT2D eigenvalue weighted by molar-refractivity contribution is -0.143. The fourth-order valence-corrected chi connectivity index (χ4v) is 4.13. The van der Waals surface area contributed by atoms with Gasteiger partial charge in [-0.2, -0.15) is 4.99 Å². The molecule has 0 saturated heterocycles. The zero-order valence-electron chi connectivity index (χ0n) is 17.4. The Kier molecular flexibility index (Phi) is 6.89. The molecule has 0 aliphatic heterocycles. The maximum atomic E-state index is 12.9. The molecule has 1 heterocycles. The summed E-state index contributed by atoms with van der Waals surface area (Å²) in [6.45, 7) is 4.10. The van der Waals surface area contributed by atoms with Crippen molar-refractivity contribution in [2.75, 3.05) is 20.8 Å². The fraction of sp³-hybridized carbons (Fsp3) is 0.318. The Morgan fingerprint density at radius 3 is 2.53 bits per heavy atom. The van der Waals surface area contributed by atoms with E-state index in [0.717, 1.165) is 16.6 Å². The molecule has 0 aliphatic carbocycles. The van der Waals surface area contributed by atoms with Crippen LogP contribution < -0.4 is 14.3 Å². The zero-order valence-corrected chi connectivity index (χ0v) is 18.2. The van der Waals surface area contributed by atoms with Gasteiger partial charge in [0.2, 0.25) is 0 Å². The van der Waals surface area contributed by atoms with Gasteiger partial charge in [-0.1, -0.05) is 24.3 Å². The second-order valence-corrected chi connectivity index (χ2v) is 7.42. The van der Waals surface area contributed by atoms with E-state index in [1.165, 1.54) is 24.0 Å². The maximum absolute atomic E-state index is 12.9. The molecule has 7 nitrogen and oxygen atoms in total. The molecule has 30 heavy (non-hydrogen) atoms. The number of rotatable bonds is 7. The number of amides is 1. The Morgan fingerprint density at radius 1 is 1.07 bits per heavy atom. The molecule has 0 bridgehead atoms. The number of hydrogen-bond donors (Lipinski definition) is 0. The lowest BCUT2D eigenvalue weighted by Crippen LogP contribution is -2.23. The van der Waals surface area contributed by atoms with Crippen molar-refractivity contribution in [1.82, 2.24) is 4.57 Å². The van der Waals surface area contributed by atoms with E-state index in [-0.39, 0.29) is 19.1 Å². The Bertz CT molecular complexity index is 1150. The molecule has 0 spiro atoms. The van der Waals surface area contributed by atoms with Crippen molar-refractivity contribution in [3.05, 3.63) is 52.3 Å². The van der Waals surface area contributed by atoms with Crippen LogP contribution in [0.4, 0.5) is 0 Å². The van der Waals surface area contributed by atoms with Crippen LogP contribution >= 0.6 is 11.3 Å². The van der Waals surface area contributed by atoms with Gasteiger partial charge < -0.3 is 18.8 Å². The number of hydrogen-bond acceptors (Lipinski definition) is 6. The van der Waals surface area contributed by atoms with Crippen molar-refractivity contribution in [2.24, 2.45) is 4.99 Å². The second-order valence-electron chi connectivity index (χ2n) is 6.41. The van der Waals surface area contributed by atoms with E-state index in [2.05, 4.69) is 18.0 Å². The molecule has 1 amide bonds. The molecular weight excluding hydrogens is 404 g/mol. The van der Waals surface area contributed by atoms with Gasteiger partial charge in [-0.05, 0) is 43.2 Å². The van der Waals surface area contributed by atoms with Crippen molar-refractivity contribution < 1.29 is 23.8 Å². The molecular formula is C22H24N2O5S. The van der Waals surface area contributed by atoms with Gasteiger partial charge >= 0.3 is 5.97 Å². The van der Waals surface area contributed by atoms with Crippen LogP contribution in [0.5, 0.6) is 11.5 Å².